The number of hydrogen-bond donors (Lipinski definition) is 0. The Labute approximate surface area is 215 Å². The number of carbonyl (C=O) groups excluding carboxylic acids is 2. The Bertz CT molecular complexity index is 1140. The molecular weight excluding hydrogens is 481 g/mol. The van der Waals surface area contributed by atoms with Gasteiger partial charge in [-0.1, -0.05) is 42.5 Å². The zero-order valence-corrected chi connectivity index (χ0v) is 21.1. The summed E-state index contributed by atoms with van der Waals surface area (Å²) in [5.74, 6) is -1.77. The number of benzene rings is 2. The van der Waals surface area contributed by atoms with Crippen LogP contribution in [0.3, 0.4) is 0 Å². The van der Waals surface area contributed by atoms with E-state index in [0.29, 0.717) is 43.4 Å². The van der Waals surface area contributed by atoms with Crippen LogP contribution in [0.4, 0.5) is 18.9 Å². The molecular formula is C28H33F3N4O2. The van der Waals surface area contributed by atoms with Gasteiger partial charge >= 0.3 is 12.1 Å². The fourth-order valence-electron chi connectivity index (χ4n) is 5.55. The summed E-state index contributed by atoms with van der Waals surface area (Å²) in [6, 6.07) is 14.4. The molecule has 2 heterocycles. The van der Waals surface area contributed by atoms with Crippen molar-refractivity contribution in [2.45, 2.75) is 38.0 Å². The Kier molecular flexibility index (Phi) is 7.27. The van der Waals surface area contributed by atoms with Crippen LogP contribution < -0.4 is 4.90 Å². The van der Waals surface area contributed by atoms with E-state index in [-0.39, 0.29) is 11.7 Å². The quantitative estimate of drug-likeness (QED) is 0.588. The highest BCUT2D eigenvalue weighted by molar-refractivity contribution is 6.02. The Morgan fingerprint density at radius 2 is 1.76 bits per heavy atom. The van der Waals surface area contributed by atoms with E-state index in [4.69, 9.17) is 0 Å². The molecule has 198 valence electrons. The molecule has 3 aliphatic rings. The van der Waals surface area contributed by atoms with E-state index in [9.17, 15) is 22.8 Å². The molecule has 0 radical (unpaired) electrons. The number of hydrogen-bond acceptors (Lipinski definition) is 4. The van der Waals surface area contributed by atoms with Gasteiger partial charge in [0.2, 0.25) is 5.91 Å². The molecule has 5 rings (SSSR count). The average Bonchev–Trinajstić information content (AvgIpc) is 3.70. The lowest BCUT2D eigenvalue weighted by molar-refractivity contribution is -0.170. The lowest BCUT2D eigenvalue weighted by atomic mass is 9.96. The summed E-state index contributed by atoms with van der Waals surface area (Å²) in [6.07, 6.45) is -2.07. The maximum atomic E-state index is 13.8. The highest BCUT2D eigenvalue weighted by Gasteiger charge is 2.45. The van der Waals surface area contributed by atoms with Crippen molar-refractivity contribution in [1.82, 2.24) is 14.7 Å². The lowest BCUT2D eigenvalue weighted by Crippen LogP contribution is -2.54. The molecule has 6 nitrogen and oxygen atoms in total. The standard InChI is InChI=1S/C28H33F3N4O2/c1-32-14-15-34(25(18-32)21-6-3-2-4-7-21)26(36)19-35(27(37)28(29,30)31)24-9-5-8-22-17-33(13-12-23(22)24)16-20-10-11-20/h2-9,20,25H,10-19H2,1H3. The van der Waals surface area contributed by atoms with E-state index in [1.54, 1.807) is 17.0 Å². The molecule has 2 amide bonds. The van der Waals surface area contributed by atoms with Gasteiger partial charge in [0.15, 0.2) is 0 Å². The van der Waals surface area contributed by atoms with Crippen LogP contribution in [-0.2, 0) is 22.6 Å². The van der Waals surface area contributed by atoms with Gasteiger partial charge in [0.05, 0.1) is 6.04 Å². The largest absolute Gasteiger partial charge is 0.471 e. The molecule has 2 aromatic carbocycles. The second kappa shape index (κ2) is 10.5. The number of fused-ring (bicyclic) bond motifs is 1. The van der Waals surface area contributed by atoms with E-state index in [1.807, 2.05) is 43.4 Å². The van der Waals surface area contributed by atoms with Gasteiger partial charge in [-0.05, 0) is 55.0 Å². The first-order valence-electron chi connectivity index (χ1n) is 13.0. The molecule has 1 saturated carbocycles. The molecule has 37 heavy (non-hydrogen) atoms. The van der Waals surface area contributed by atoms with Gasteiger partial charge in [-0.2, -0.15) is 13.2 Å². The van der Waals surface area contributed by atoms with Crippen molar-refractivity contribution in [3.63, 3.8) is 0 Å². The molecule has 1 aliphatic carbocycles. The summed E-state index contributed by atoms with van der Waals surface area (Å²) >= 11 is 0. The smallest absolute Gasteiger partial charge is 0.332 e. The van der Waals surface area contributed by atoms with Gasteiger partial charge < -0.3 is 9.80 Å². The number of halogens is 3. The number of rotatable bonds is 6. The van der Waals surface area contributed by atoms with Crippen LogP contribution >= 0.6 is 0 Å². The SMILES string of the molecule is CN1CCN(C(=O)CN(C(=O)C(F)(F)F)c2cccc3c2CCN(CC2CC2)C3)C(c2ccccc2)C1. The minimum absolute atomic E-state index is 0.199. The van der Waals surface area contributed by atoms with Crippen LogP contribution in [-0.4, -0.2) is 79.0 Å². The van der Waals surface area contributed by atoms with Crippen molar-refractivity contribution in [3.05, 3.63) is 65.2 Å². The van der Waals surface area contributed by atoms with Crippen LogP contribution in [0.1, 0.15) is 35.6 Å². The van der Waals surface area contributed by atoms with E-state index >= 15 is 0 Å². The molecule has 0 bridgehead atoms. The molecule has 2 fully saturated rings. The third kappa shape index (κ3) is 5.83. The Morgan fingerprint density at radius 1 is 1.00 bits per heavy atom. The summed E-state index contributed by atoms with van der Waals surface area (Å²) < 4.78 is 41.4. The van der Waals surface area contributed by atoms with E-state index in [1.165, 1.54) is 12.8 Å². The van der Waals surface area contributed by atoms with E-state index in [2.05, 4.69) is 9.80 Å². The molecule has 1 atom stereocenters. The predicted molar refractivity (Wildman–Crippen MR) is 135 cm³/mol. The summed E-state index contributed by atoms with van der Waals surface area (Å²) in [5.41, 5.74) is 2.78. The van der Waals surface area contributed by atoms with Gasteiger partial charge in [0.1, 0.15) is 6.54 Å². The summed E-state index contributed by atoms with van der Waals surface area (Å²) in [4.78, 5) is 33.0. The Balaban J connectivity index is 1.42. The van der Waals surface area contributed by atoms with Crippen molar-refractivity contribution in [1.29, 1.82) is 0 Å². The molecule has 2 aromatic rings. The van der Waals surface area contributed by atoms with Crippen LogP contribution in [0.5, 0.6) is 0 Å². The summed E-state index contributed by atoms with van der Waals surface area (Å²) in [7, 11) is 1.96. The highest BCUT2D eigenvalue weighted by atomic mass is 19.4. The van der Waals surface area contributed by atoms with Crippen LogP contribution in [0.15, 0.2) is 48.5 Å². The maximum Gasteiger partial charge on any atom is 0.471 e. The van der Waals surface area contributed by atoms with Gasteiger partial charge in [0.25, 0.3) is 0 Å². The topological polar surface area (TPSA) is 47.1 Å². The molecule has 0 spiro atoms. The molecule has 0 N–H and O–H groups in total. The second-order valence-electron chi connectivity index (χ2n) is 10.5. The molecule has 1 unspecified atom stereocenters. The van der Waals surface area contributed by atoms with Gasteiger partial charge in [-0.15, -0.1) is 0 Å². The Hall–Kier alpha value is -2.91. The maximum absolute atomic E-state index is 13.8. The van der Waals surface area contributed by atoms with Crippen molar-refractivity contribution in [2.24, 2.45) is 5.92 Å². The number of alkyl halides is 3. The third-order valence-corrected chi connectivity index (χ3v) is 7.69. The average molecular weight is 515 g/mol. The number of carbonyl (C=O) groups is 2. The van der Waals surface area contributed by atoms with Crippen molar-refractivity contribution < 1.29 is 22.8 Å². The van der Waals surface area contributed by atoms with Crippen molar-refractivity contribution in [2.75, 3.05) is 51.2 Å². The second-order valence-corrected chi connectivity index (χ2v) is 10.5. The molecule has 1 saturated heterocycles. The van der Waals surface area contributed by atoms with Crippen molar-refractivity contribution in [3.8, 4) is 0 Å². The zero-order chi connectivity index (χ0) is 26.2. The fraction of sp³-hybridized carbons (Fsp3) is 0.500. The number of nitrogens with zero attached hydrogens (tertiary/aromatic N) is 4. The zero-order valence-electron chi connectivity index (χ0n) is 21.1. The van der Waals surface area contributed by atoms with Crippen LogP contribution in [0.2, 0.25) is 0 Å². The fourth-order valence-corrected chi connectivity index (χ4v) is 5.55. The van der Waals surface area contributed by atoms with Gasteiger partial charge in [-0.3, -0.25) is 19.4 Å². The minimum Gasteiger partial charge on any atom is -0.332 e. The van der Waals surface area contributed by atoms with Crippen molar-refractivity contribution >= 4 is 17.5 Å². The number of likely N-dealkylation sites (N-methyl/N-ethyl adjacent to an activating group) is 1. The van der Waals surface area contributed by atoms with Gasteiger partial charge in [-0.25, -0.2) is 0 Å². The van der Waals surface area contributed by atoms with Crippen LogP contribution in [0.25, 0.3) is 0 Å². The van der Waals surface area contributed by atoms with E-state index in [0.717, 1.165) is 29.8 Å². The molecule has 9 heteroatoms. The summed E-state index contributed by atoms with van der Waals surface area (Å²) in [5, 5.41) is 0. The minimum atomic E-state index is -5.09. The third-order valence-electron chi connectivity index (χ3n) is 7.69. The summed E-state index contributed by atoms with van der Waals surface area (Å²) in [6.45, 7) is 3.30. The number of anilines is 1. The van der Waals surface area contributed by atoms with E-state index < -0.39 is 24.5 Å². The monoisotopic (exact) mass is 514 g/mol. The normalized spacial score (nSPS) is 21.0. The number of piperazine rings is 1. The first kappa shape index (κ1) is 25.7. The molecule has 0 aromatic heterocycles. The first-order chi connectivity index (χ1) is 17.7. The predicted octanol–water partition coefficient (Wildman–Crippen LogP) is 3.87. The Morgan fingerprint density at radius 3 is 2.46 bits per heavy atom. The molecule has 2 aliphatic heterocycles. The first-order valence-corrected chi connectivity index (χ1v) is 13.0. The van der Waals surface area contributed by atoms with Crippen LogP contribution in [0, 0.1) is 5.92 Å². The van der Waals surface area contributed by atoms with Gasteiger partial charge in [0, 0.05) is 45.0 Å². The lowest BCUT2D eigenvalue weighted by Gasteiger charge is -2.41. The number of amides is 2. The highest BCUT2D eigenvalue weighted by Crippen LogP contribution is 2.35.